The minimum absolute atomic E-state index is 0.0727. The molecule has 0 radical (unpaired) electrons. The molecular formula is C19H29NO2S. The van der Waals surface area contributed by atoms with Gasteiger partial charge in [-0.3, -0.25) is 9.69 Å². The monoisotopic (exact) mass is 335 g/mol. The van der Waals surface area contributed by atoms with Gasteiger partial charge in [-0.1, -0.05) is 18.2 Å². The van der Waals surface area contributed by atoms with Gasteiger partial charge in [0.05, 0.1) is 5.92 Å². The van der Waals surface area contributed by atoms with E-state index in [1.54, 1.807) is 11.3 Å². The SMILES string of the molecule is CC(C)N(CCOC(=O)[C@@H](c1cccs1)[C@H]1C=CCC1)C(C)C. The normalized spacial score (nSPS) is 19.0. The zero-order valence-electron chi connectivity index (χ0n) is 14.7. The number of esters is 1. The van der Waals surface area contributed by atoms with Gasteiger partial charge in [-0.15, -0.1) is 11.3 Å². The van der Waals surface area contributed by atoms with E-state index in [1.165, 1.54) is 0 Å². The average Bonchev–Trinajstić information content (AvgIpc) is 3.16. The molecule has 0 fully saturated rings. The number of rotatable bonds is 8. The molecule has 3 nitrogen and oxygen atoms in total. The summed E-state index contributed by atoms with van der Waals surface area (Å²) in [5.41, 5.74) is 0. The largest absolute Gasteiger partial charge is 0.464 e. The van der Waals surface area contributed by atoms with Gasteiger partial charge in [-0.05, 0) is 57.9 Å². The molecule has 2 atom stereocenters. The Labute approximate surface area is 144 Å². The van der Waals surface area contributed by atoms with Gasteiger partial charge in [-0.25, -0.2) is 0 Å². The summed E-state index contributed by atoms with van der Waals surface area (Å²) in [6.07, 6.45) is 6.47. The molecule has 23 heavy (non-hydrogen) atoms. The van der Waals surface area contributed by atoms with Gasteiger partial charge >= 0.3 is 5.97 Å². The van der Waals surface area contributed by atoms with Crippen LogP contribution < -0.4 is 0 Å². The van der Waals surface area contributed by atoms with E-state index in [4.69, 9.17) is 4.74 Å². The van der Waals surface area contributed by atoms with Crippen LogP contribution in [0.5, 0.6) is 0 Å². The molecule has 0 bridgehead atoms. The number of hydrogen-bond donors (Lipinski definition) is 0. The second-order valence-corrected chi connectivity index (χ2v) is 7.73. The molecule has 0 N–H and O–H groups in total. The molecule has 0 saturated carbocycles. The van der Waals surface area contributed by atoms with Crippen LogP contribution >= 0.6 is 11.3 Å². The highest BCUT2D eigenvalue weighted by Gasteiger charge is 2.31. The average molecular weight is 336 g/mol. The molecule has 0 aliphatic heterocycles. The summed E-state index contributed by atoms with van der Waals surface area (Å²) >= 11 is 1.65. The molecule has 0 amide bonds. The first-order chi connectivity index (χ1) is 11.0. The maximum atomic E-state index is 12.7. The smallest absolute Gasteiger partial charge is 0.314 e. The van der Waals surface area contributed by atoms with Crippen molar-refractivity contribution in [1.29, 1.82) is 0 Å². The number of carbonyl (C=O) groups excluding carboxylic acids is 1. The van der Waals surface area contributed by atoms with E-state index in [2.05, 4.69) is 50.8 Å². The lowest BCUT2D eigenvalue weighted by Crippen LogP contribution is -2.40. The van der Waals surface area contributed by atoms with Gasteiger partial charge in [0.2, 0.25) is 0 Å². The fraction of sp³-hybridized carbons (Fsp3) is 0.632. The molecule has 1 aromatic heterocycles. The van der Waals surface area contributed by atoms with Gasteiger partial charge < -0.3 is 4.74 Å². The summed E-state index contributed by atoms with van der Waals surface area (Å²) < 4.78 is 5.66. The minimum Gasteiger partial charge on any atom is -0.464 e. The van der Waals surface area contributed by atoms with Gasteiger partial charge in [0.1, 0.15) is 6.61 Å². The molecule has 128 valence electrons. The van der Waals surface area contributed by atoms with E-state index in [-0.39, 0.29) is 17.8 Å². The Bertz CT molecular complexity index is 499. The van der Waals surface area contributed by atoms with Crippen LogP contribution in [0.1, 0.15) is 51.3 Å². The van der Waals surface area contributed by atoms with Gasteiger partial charge in [0.25, 0.3) is 0 Å². The zero-order chi connectivity index (χ0) is 16.8. The third kappa shape index (κ3) is 4.92. The van der Waals surface area contributed by atoms with Crippen molar-refractivity contribution in [2.24, 2.45) is 5.92 Å². The standard InChI is InChI=1S/C19H29NO2S/c1-14(2)20(15(3)4)11-12-22-19(21)18(16-8-5-6-9-16)17-10-7-13-23-17/h5,7-8,10,13-16,18H,6,9,11-12H2,1-4H3/t16-,18+/m0/s1. The van der Waals surface area contributed by atoms with Gasteiger partial charge in [0.15, 0.2) is 0 Å². The summed E-state index contributed by atoms with van der Waals surface area (Å²) in [7, 11) is 0. The maximum absolute atomic E-state index is 12.7. The maximum Gasteiger partial charge on any atom is 0.314 e. The summed E-state index contributed by atoms with van der Waals surface area (Å²) in [6, 6.07) is 4.98. The molecule has 0 aromatic carbocycles. The Morgan fingerprint density at radius 1 is 1.35 bits per heavy atom. The second kappa shape index (κ2) is 8.65. The van der Waals surface area contributed by atoms with Crippen molar-refractivity contribution < 1.29 is 9.53 Å². The lowest BCUT2D eigenvalue weighted by molar-refractivity contribution is -0.147. The Hall–Kier alpha value is -1.13. The Kier molecular flexibility index (Phi) is 6.85. The first-order valence-corrected chi connectivity index (χ1v) is 9.51. The quantitative estimate of drug-likeness (QED) is 0.519. The third-order valence-corrected chi connectivity index (χ3v) is 5.46. The van der Waals surface area contributed by atoms with Crippen molar-refractivity contribution in [3.63, 3.8) is 0 Å². The molecular weight excluding hydrogens is 306 g/mol. The number of thiophene rings is 1. The van der Waals surface area contributed by atoms with Crippen molar-refractivity contribution >= 4 is 17.3 Å². The van der Waals surface area contributed by atoms with Crippen LogP contribution in [0.2, 0.25) is 0 Å². The second-order valence-electron chi connectivity index (χ2n) is 6.76. The van der Waals surface area contributed by atoms with Crippen molar-refractivity contribution in [3.8, 4) is 0 Å². The predicted octanol–water partition coefficient (Wildman–Crippen LogP) is 4.46. The van der Waals surface area contributed by atoms with E-state index < -0.39 is 0 Å². The fourth-order valence-corrected chi connectivity index (χ4v) is 4.25. The van der Waals surface area contributed by atoms with Crippen LogP contribution in [0, 0.1) is 5.92 Å². The molecule has 1 aliphatic rings. The summed E-state index contributed by atoms with van der Waals surface area (Å²) in [5.74, 6) is 0.0733. The van der Waals surface area contributed by atoms with Crippen molar-refractivity contribution in [2.75, 3.05) is 13.2 Å². The van der Waals surface area contributed by atoms with E-state index in [1.807, 2.05) is 11.4 Å². The highest BCUT2D eigenvalue weighted by Crippen LogP contribution is 2.36. The zero-order valence-corrected chi connectivity index (χ0v) is 15.5. The molecule has 4 heteroatoms. The van der Waals surface area contributed by atoms with E-state index >= 15 is 0 Å². The molecule has 0 saturated heterocycles. The number of nitrogens with zero attached hydrogens (tertiary/aromatic N) is 1. The van der Waals surface area contributed by atoms with Crippen LogP contribution in [0.15, 0.2) is 29.7 Å². The van der Waals surface area contributed by atoms with Crippen molar-refractivity contribution in [3.05, 3.63) is 34.5 Å². The Morgan fingerprint density at radius 3 is 2.61 bits per heavy atom. The summed E-state index contributed by atoms with van der Waals surface area (Å²) in [5, 5.41) is 2.04. The Morgan fingerprint density at radius 2 is 2.09 bits per heavy atom. The highest BCUT2D eigenvalue weighted by molar-refractivity contribution is 7.10. The fourth-order valence-electron chi connectivity index (χ4n) is 3.36. The molecule has 0 spiro atoms. The lowest BCUT2D eigenvalue weighted by atomic mass is 9.90. The lowest BCUT2D eigenvalue weighted by Gasteiger charge is -2.30. The molecule has 0 unspecified atom stereocenters. The van der Waals surface area contributed by atoms with E-state index in [9.17, 15) is 4.79 Å². The van der Waals surface area contributed by atoms with E-state index in [0.29, 0.717) is 18.7 Å². The first-order valence-electron chi connectivity index (χ1n) is 8.63. The van der Waals surface area contributed by atoms with Crippen LogP contribution in [-0.2, 0) is 9.53 Å². The number of carbonyl (C=O) groups is 1. The molecule has 1 aromatic rings. The van der Waals surface area contributed by atoms with Crippen molar-refractivity contribution in [1.82, 2.24) is 4.90 Å². The summed E-state index contributed by atoms with van der Waals surface area (Å²) in [6.45, 7) is 9.98. The molecule has 2 rings (SSSR count). The van der Waals surface area contributed by atoms with Gasteiger partial charge in [0, 0.05) is 23.5 Å². The van der Waals surface area contributed by atoms with Crippen LogP contribution in [-0.4, -0.2) is 36.1 Å². The predicted molar refractivity (Wildman–Crippen MR) is 96.9 cm³/mol. The van der Waals surface area contributed by atoms with Crippen molar-refractivity contribution in [2.45, 2.75) is 58.5 Å². The Balaban J connectivity index is 1.95. The minimum atomic E-state index is -0.139. The molecule has 1 heterocycles. The van der Waals surface area contributed by atoms with Gasteiger partial charge in [-0.2, -0.15) is 0 Å². The number of hydrogen-bond acceptors (Lipinski definition) is 4. The number of allylic oxidation sites excluding steroid dienone is 2. The van der Waals surface area contributed by atoms with Crippen LogP contribution in [0.25, 0.3) is 0 Å². The van der Waals surface area contributed by atoms with Crippen LogP contribution in [0.3, 0.4) is 0 Å². The topological polar surface area (TPSA) is 29.5 Å². The van der Waals surface area contributed by atoms with E-state index in [0.717, 1.165) is 24.3 Å². The highest BCUT2D eigenvalue weighted by atomic mass is 32.1. The third-order valence-electron chi connectivity index (χ3n) is 4.50. The molecule has 1 aliphatic carbocycles. The number of ether oxygens (including phenoxy) is 1. The summed E-state index contributed by atoms with van der Waals surface area (Å²) in [4.78, 5) is 16.2. The van der Waals surface area contributed by atoms with Crippen LogP contribution in [0.4, 0.5) is 0 Å². The first kappa shape index (κ1) is 18.2.